The van der Waals surface area contributed by atoms with E-state index in [-0.39, 0.29) is 23.1 Å². The normalized spacial score (nSPS) is 12.3. The Labute approximate surface area is 209 Å². The zero-order chi connectivity index (χ0) is 27.8. The Morgan fingerprint density at radius 1 is 0.757 bits per heavy atom. The molecule has 0 radical (unpaired) electrons. The summed E-state index contributed by atoms with van der Waals surface area (Å²) in [6.07, 6.45) is -10.1. The lowest BCUT2D eigenvalue weighted by molar-refractivity contribution is -0.143. The van der Waals surface area contributed by atoms with E-state index in [0.717, 1.165) is 4.90 Å². The zero-order valence-corrected chi connectivity index (χ0v) is 20.3. The smallest absolute Gasteiger partial charge is 0.416 e. The SMILES string of the molecule is COc1cccc(C(=O)c2ccccc2)c1N(C)C(=O)C(C)(C)c1cc(C(F)(F)F)cc(C(F)(F)F)c1. The number of hydrogen-bond acceptors (Lipinski definition) is 3. The van der Waals surface area contributed by atoms with E-state index in [2.05, 4.69) is 0 Å². The van der Waals surface area contributed by atoms with Gasteiger partial charge < -0.3 is 9.64 Å². The van der Waals surface area contributed by atoms with Crippen LogP contribution in [-0.2, 0) is 22.6 Å². The number of rotatable bonds is 6. The first-order valence-electron chi connectivity index (χ1n) is 10.9. The predicted molar refractivity (Wildman–Crippen MR) is 126 cm³/mol. The van der Waals surface area contributed by atoms with Crippen molar-refractivity contribution in [2.45, 2.75) is 31.6 Å². The molecule has 0 aliphatic heterocycles. The molecule has 3 aromatic rings. The molecule has 0 aliphatic carbocycles. The summed E-state index contributed by atoms with van der Waals surface area (Å²) in [6, 6.07) is 13.7. The number of ketones is 1. The number of nitrogens with zero attached hydrogens (tertiary/aromatic N) is 1. The maximum Gasteiger partial charge on any atom is 0.416 e. The summed E-state index contributed by atoms with van der Waals surface area (Å²) in [4.78, 5) is 27.9. The summed E-state index contributed by atoms with van der Waals surface area (Å²) in [5, 5.41) is 0. The van der Waals surface area contributed by atoms with Gasteiger partial charge in [-0.05, 0) is 49.7 Å². The molecule has 0 unspecified atom stereocenters. The number of likely N-dealkylation sites (N-methyl/N-ethyl adjacent to an activating group) is 1. The molecule has 0 spiro atoms. The third-order valence-electron chi connectivity index (χ3n) is 5.98. The third-order valence-corrected chi connectivity index (χ3v) is 5.98. The largest absolute Gasteiger partial charge is 0.495 e. The van der Waals surface area contributed by atoms with Crippen molar-refractivity contribution < 1.29 is 40.7 Å². The number of methoxy groups -OCH3 is 1. The lowest BCUT2D eigenvalue weighted by atomic mass is 9.81. The van der Waals surface area contributed by atoms with E-state index in [4.69, 9.17) is 4.74 Å². The molecule has 0 saturated heterocycles. The van der Waals surface area contributed by atoms with Gasteiger partial charge in [-0.25, -0.2) is 0 Å². The van der Waals surface area contributed by atoms with Crippen LogP contribution in [0.5, 0.6) is 5.75 Å². The molecule has 3 aromatic carbocycles. The van der Waals surface area contributed by atoms with Crippen LogP contribution in [0.2, 0.25) is 0 Å². The van der Waals surface area contributed by atoms with Crippen molar-refractivity contribution in [2.75, 3.05) is 19.1 Å². The van der Waals surface area contributed by atoms with E-state index in [0.29, 0.717) is 17.7 Å². The van der Waals surface area contributed by atoms with Gasteiger partial charge in [0.1, 0.15) is 5.75 Å². The molecular formula is C27H23F6NO3. The molecule has 10 heteroatoms. The van der Waals surface area contributed by atoms with Crippen LogP contribution in [0.25, 0.3) is 0 Å². The number of alkyl halides is 6. The monoisotopic (exact) mass is 523 g/mol. The molecular weight excluding hydrogens is 500 g/mol. The second kappa shape index (κ2) is 9.91. The highest BCUT2D eigenvalue weighted by atomic mass is 19.4. The van der Waals surface area contributed by atoms with Crippen molar-refractivity contribution in [3.05, 3.63) is 94.5 Å². The van der Waals surface area contributed by atoms with Crippen molar-refractivity contribution in [1.29, 1.82) is 0 Å². The molecule has 0 heterocycles. The summed E-state index contributed by atoms with van der Waals surface area (Å²) in [5.74, 6) is -1.19. The van der Waals surface area contributed by atoms with Crippen LogP contribution >= 0.6 is 0 Å². The number of hydrogen-bond donors (Lipinski definition) is 0. The van der Waals surface area contributed by atoms with Crippen molar-refractivity contribution in [1.82, 2.24) is 0 Å². The van der Waals surface area contributed by atoms with Gasteiger partial charge in [0.25, 0.3) is 0 Å². The molecule has 0 saturated carbocycles. The lowest BCUT2D eigenvalue weighted by Gasteiger charge is -2.32. The first-order valence-corrected chi connectivity index (χ1v) is 10.9. The van der Waals surface area contributed by atoms with Crippen LogP contribution in [0.1, 0.15) is 46.5 Å². The Bertz CT molecular complexity index is 1280. The minimum absolute atomic E-state index is 0.00459. The Hall–Kier alpha value is -3.82. The average molecular weight is 523 g/mol. The van der Waals surface area contributed by atoms with E-state index in [9.17, 15) is 35.9 Å². The Morgan fingerprint density at radius 2 is 1.27 bits per heavy atom. The number of carbonyl (C=O) groups excluding carboxylic acids is 2. The number of carbonyl (C=O) groups is 2. The number of ether oxygens (including phenoxy) is 1. The molecule has 0 bridgehead atoms. The van der Waals surface area contributed by atoms with Gasteiger partial charge in [-0.1, -0.05) is 36.4 Å². The Morgan fingerprint density at radius 3 is 1.76 bits per heavy atom. The predicted octanol–water partition coefficient (Wildman–Crippen LogP) is 6.90. The fourth-order valence-electron chi connectivity index (χ4n) is 3.92. The van der Waals surface area contributed by atoms with E-state index < -0.39 is 46.1 Å². The molecule has 0 atom stereocenters. The van der Waals surface area contributed by atoms with Gasteiger partial charge in [-0.15, -0.1) is 0 Å². The third kappa shape index (κ3) is 5.63. The lowest BCUT2D eigenvalue weighted by Crippen LogP contribution is -2.42. The molecule has 3 rings (SSSR count). The van der Waals surface area contributed by atoms with Gasteiger partial charge in [0.2, 0.25) is 5.91 Å². The highest BCUT2D eigenvalue weighted by Crippen LogP contribution is 2.41. The van der Waals surface area contributed by atoms with Crippen LogP contribution in [-0.4, -0.2) is 25.8 Å². The van der Waals surface area contributed by atoms with Gasteiger partial charge in [0, 0.05) is 12.6 Å². The Balaban J connectivity index is 2.15. The first kappa shape index (κ1) is 27.8. The highest BCUT2D eigenvalue weighted by Gasteiger charge is 2.41. The van der Waals surface area contributed by atoms with E-state index in [1.165, 1.54) is 46.2 Å². The average Bonchev–Trinajstić information content (AvgIpc) is 2.86. The fraction of sp³-hybridized carbons (Fsp3) is 0.259. The number of benzene rings is 3. The Kier molecular flexibility index (Phi) is 7.44. The first-order chi connectivity index (χ1) is 17.1. The van der Waals surface area contributed by atoms with Gasteiger partial charge in [-0.3, -0.25) is 9.59 Å². The molecule has 0 aliphatic rings. The van der Waals surface area contributed by atoms with E-state index in [1.54, 1.807) is 30.3 Å². The van der Waals surface area contributed by atoms with Gasteiger partial charge in [-0.2, -0.15) is 26.3 Å². The summed E-state index contributed by atoms with van der Waals surface area (Å²) < 4.78 is 85.9. The standard InChI is InChI=1S/C27H23F6NO3/c1-25(2,17-13-18(26(28,29)30)15-19(14-17)27(31,32)33)24(36)34(3)22-20(11-8-12-21(22)37-4)23(35)16-9-6-5-7-10-16/h5-15H,1-4H3. The number of amides is 1. The van der Waals surface area contributed by atoms with E-state index >= 15 is 0 Å². The topological polar surface area (TPSA) is 46.6 Å². The number of para-hydroxylation sites is 1. The molecule has 1 amide bonds. The maximum absolute atomic E-state index is 13.7. The second-order valence-electron chi connectivity index (χ2n) is 8.84. The van der Waals surface area contributed by atoms with E-state index in [1.807, 2.05) is 0 Å². The molecule has 0 fully saturated rings. The molecule has 4 nitrogen and oxygen atoms in total. The van der Waals surface area contributed by atoms with Crippen LogP contribution in [0.15, 0.2) is 66.7 Å². The van der Waals surface area contributed by atoms with Gasteiger partial charge >= 0.3 is 12.4 Å². The highest BCUT2D eigenvalue weighted by molar-refractivity contribution is 6.15. The van der Waals surface area contributed by atoms with Crippen LogP contribution in [0.4, 0.5) is 32.0 Å². The summed E-state index contributed by atoms with van der Waals surface area (Å²) in [6.45, 7) is 2.44. The van der Waals surface area contributed by atoms with Crippen molar-refractivity contribution in [3.63, 3.8) is 0 Å². The summed E-state index contributed by atoms with van der Waals surface area (Å²) >= 11 is 0. The quantitative estimate of drug-likeness (QED) is 0.261. The molecule has 37 heavy (non-hydrogen) atoms. The van der Waals surface area contributed by atoms with Crippen LogP contribution in [0.3, 0.4) is 0 Å². The van der Waals surface area contributed by atoms with Gasteiger partial charge in [0.15, 0.2) is 5.78 Å². The molecule has 0 aromatic heterocycles. The van der Waals surface area contributed by atoms with Crippen molar-refractivity contribution in [3.8, 4) is 5.75 Å². The zero-order valence-electron chi connectivity index (χ0n) is 20.3. The van der Waals surface area contributed by atoms with Crippen molar-refractivity contribution >= 4 is 17.4 Å². The van der Waals surface area contributed by atoms with Gasteiger partial charge in [0.05, 0.1) is 34.9 Å². The minimum atomic E-state index is -5.07. The van der Waals surface area contributed by atoms with Crippen LogP contribution < -0.4 is 9.64 Å². The minimum Gasteiger partial charge on any atom is -0.495 e. The summed E-state index contributed by atoms with van der Waals surface area (Å²) in [7, 11) is 2.59. The summed E-state index contributed by atoms with van der Waals surface area (Å²) in [5.41, 5.74) is -5.00. The molecule has 0 N–H and O–H groups in total. The fourth-order valence-corrected chi connectivity index (χ4v) is 3.92. The second-order valence-corrected chi connectivity index (χ2v) is 8.84. The maximum atomic E-state index is 13.7. The number of anilines is 1. The van der Waals surface area contributed by atoms with Crippen molar-refractivity contribution in [2.24, 2.45) is 0 Å². The number of halogens is 6. The van der Waals surface area contributed by atoms with Crippen LogP contribution in [0, 0.1) is 0 Å². The molecule has 196 valence electrons.